The van der Waals surface area contributed by atoms with Crippen molar-refractivity contribution in [2.24, 2.45) is 0 Å². The molecule has 0 bridgehead atoms. The Morgan fingerprint density at radius 2 is 0.718 bits per heavy atom. The maximum Gasteiger partial charge on any atom is 0.0726 e. The van der Waals surface area contributed by atoms with E-state index in [2.05, 4.69) is 276 Å². The first-order valence-electron chi connectivity index (χ1n) is 24.7. The summed E-state index contributed by atoms with van der Waals surface area (Å²) < 4.78 is 2.41. The van der Waals surface area contributed by atoms with E-state index in [0.717, 1.165) is 17.1 Å². The number of nitrogens with zero attached hydrogens (tertiary/aromatic N) is 2. The highest BCUT2D eigenvalue weighted by atomic mass is 15.1. The Bertz CT molecular complexity index is 4220. The van der Waals surface area contributed by atoms with Crippen LogP contribution in [0.4, 0.5) is 17.1 Å². The molecule has 330 valence electrons. The summed E-state index contributed by atoms with van der Waals surface area (Å²) in [6.45, 7) is 0. The molecule has 12 aromatic carbocycles. The summed E-state index contributed by atoms with van der Waals surface area (Å²) in [4.78, 5) is 2.44. The lowest BCUT2D eigenvalue weighted by Crippen LogP contribution is -2.26. The molecule has 2 nitrogen and oxygen atoms in total. The maximum atomic E-state index is 2.48. The van der Waals surface area contributed by atoms with Crippen LogP contribution in [0.5, 0.6) is 0 Å². The van der Waals surface area contributed by atoms with E-state index in [1.165, 1.54) is 116 Å². The second-order valence-corrected chi connectivity index (χ2v) is 19.2. The van der Waals surface area contributed by atoms with Gasteiger partial charge < -0.3 is 9.47 Å². The first kappa shape index (κ1) is 39.7. The van der Waals surface area contributed by atoms with E-state index in [1.807, 2.05) is 0 Å². The third kappa shape index (κ3) is 5.89. The lowest BCUT2D eigenvalue weighted by Gasteiger charge is -2.32. The monoisotopic (exact) mass is 900 g/mol. The van der Waals surface area contributed by atoms with Crippen molar-refractivity contribution >= 4 is 60.4 Å². The molecule has 1 heterocycles. The summed E-state index contributed by atoms with van der Waals surface area (Å²) in [5, 5.41) is 7.47. The van der Waals surface area contributed by atoms with Crippen molar-refractivity contribution in [3.63, 3.8) is 0 Å². The van der Waals surface area contributed by atoms with Crippen LogP contribution in [0, 0.1) is 0 Å². The standard InChI is InChI=1S/C69H44N2/c1-3-15-49-41-51(26-25-45(49)13-1)47-27-33-53(34-28-47)70(56-38-39-60-59-19-7-11-23-65(59)69(66(60)44-56)63-21-9-5-17-57(63)58-18-6-10-22-64(58)69)54-35-29-48(30-36-54)52-32-40-68-62(43-52)61-20-8-12-24-67(61)71(68)55-37-31-46-14-2-4-16-50(46)42-55/h1-44H. The molecular weight excluding hydrogens is 857 g/mol. The molecule has 0 unspecified atom stereocenters. The van der Waals surface area contributed by atoms with Crippen LogP contribution in [0.25, 0.3) is 93.5 Å². The molecule has 13 aromatic rings. The largest absolute Gasteiger partial charge is 0.310 e. The summed E-state index contributed by atoms with van der Waals surface area (Å²) in [5.41, 5.74) is 21.8. The topological polar surface area (TPSA) is 8.17 Å². The van der Waals surface area contributed by atoms with E-state index in [4.69, 9.17) is 0 Å². The van der Waals surface area contributed by atoms with Crippen molar-refractivity contribution in [2.45, 2.75) is 5.41 Å². The summed E-state index contributed by atoms with van der Waals surface area (Å²) in [6.07, 6.45) is 0. The second kappa shape index (κ2) is 15.4. The smallest absolute Gasteiger partial charge is 0.0726 e. The Hall–Kier alpha value is -9.24. The minimum atomic E-state index is -0.444. The molecule has 0 radical (unpaired) electrons. The van der Waals surface area contributed by atoms with E-state index in [9.17, 15) is 0 Å². The fraction of sp³-hybridized carbons (Fsp3) is 0.0145. The highest BCUT2D eigenvalue weighted by Crippen LogP contribution is 2.63. The number of benzene rings is 12. The lowest BCUT2D eigenvalue weighted by atomic mass is 9.70. The van der Waals surface area contributed by atoms with Crippen molar-refractivity contribution in [3.8, 4) is 50.2 Å². The van der Waals surface area contributed by atoms with Crippen molar-refractivity contribution in [2.75, 3.05) is 4.90 Å². The number of hydrogen-bond donors (Lipinski definition) is 0. The summed E-state index contributed by atoms with van der Waals surface area (Å²) in [5.74, 6) is 0. The average molecular weight is 901 g/mol. The first-order chi connectivity index (χ1) is 35.2. The van der Waals surface area contributed by atoms with Crippen LogP contribution in [0.2, 0.25) is 0 Å². The molecule has 0 amide bonds. The van der Waals surface area contributed by atoms with Crippen LogP contribution in [-0.4, -0.2) is 4.57 Å². The maximum absolute atomic E-state index is 2.48. The number of rotatable bonds is 6. The Balaban J connectivity index is 0.875. The molecule has 2 heteroatoms. The van der Waals surface area contributed by atoms with E-state index in [0.29, 0.717) is 0 Å². The molecule has 1 aromatic heterocycles. The second-order valence-electron chi connectivity index (χ2n) is 19.2. The molecule has 2 aliphatic carbocycles. The zero-order chi connectivity index (χ0) is 46.6. The molecule has 71 heavy (non-hydrogen) atoms. The minimum Gasteiger partial charge on any atom is -0.310 e. The van der Waals surface area contributed by atoms with Crippen LogP contribution in [-0.2, 0) is 5.41 Å². The number of aromatic nitrogens is 1. The number of para-hydroxylation sites is 1. The molecule has 0 saturated carbocycles. The van der Waals surface area contributed by atoms with Gasteiger partial charge in [-0.15, -0.1) is 0 Å². The van der Waals surface area contributed by atoms with E-state index in [1.54, 1.807) is 0 Å². The van der Waals surface area contributed by atoms with E-state index in [-0.39, 0.29) is 0 Å². The molecule has 0 N–H and O–H groups in total. The van der Waals surface area contributed by atoms with Gasteiger partial charge in [0.2, 0.25) is 0 Å². The third-order valence-corrected chi connectivity index (χ3v) is 15.6. The normalized spacial score (nSPS) is 12.9. The average Bonchev–Trinajstić information content (AvgIpc) is 4.06. The Morgan fingerprint density at radius 3 is 1.35 bits per heavy atom. The van der Waals surface area contributed by atoms with Crippen molar-refractivity contribution in [3.05, 3.63) is 289 Å². The van der Waals surface area contributed by atoms with Gasteiger partial charge in [-0.2, -0.15) is 0 Å². The molecule has 0 fully saturated rings. The number of fused-ring (bicyclic) bond motifs is 15. The van der Waals surface area contributed by atoms with E-state index >= 15 is 0 Å². The van der Waals surface area contributed by atoms with Crippen molar-refractivity contribution in [1.82, 2.24) is 4.57 Å². The van der Waals surface area contributed by atoms with Gasteiger partial charge in [-0.3, -0.25) is 0 Å². The van der Waals surface area contributed by atoms with Gasteiger partial charge >= 0.3 is 0 Å². The van der Waals surface area contributed by atoms with Crippen LogP contribution in [0.3, 0.4) is 0 Å². The van der Waals surface area contributed by atoms with Gasteiger partial charge in [0, 0.05) is 33.5 Å². The number of anilines is 3. The molecule has 15 rings (SSSR count). The summed E-state index contributed by atoms with van der Waals surface area (Å²) in [6, 6.07) is 99.2. The van der Waals surface area contributed by atoms with Crippen molar-refractivity contribution in [1.29, 1.82) is 0 Å². The lowest BCUT2D eigenvalue weighted by molar-refractivity contribution is 0.793. The summed E-state index contributed by atoms with van der Waals surface area (Å²) in [7, 11) is 0. The molecule has 2 aliphatic rings. The molecule has 0 aliphatic heterocycles. The minimum absolute atomic E-state index is 0.444. The summed E-state index contributed by atoms with van der Waals surface area (Å²) >= 11 is 0. The van der Waals surface area contributed by atoms with Gasteiger partial charge in [-0.25, -0.2) is 0 Å². The Morgan fingerprint density at radius 1 is 0.268 bits per heavy atom. The van der Waals surface area contributed by atoms with Gasteiger partial charge in [-0.05, 0) is 161 Å². The fourth-order valence-corrected chi connectivity index (χ4v) is 12.4. The van der Waals surface area contributed by atoms with Crippen molar-refractivity contribution < 1.29 is 0 Å². The van der Waals surface area contributed by atoms with Gasteiger partial charge in [0.25, 0.3) is 0 Å². The molecule has 1 spiro atoms. The van der Waals surface area contributed by atoms with Crippen LogP contribution < -0.4 is 4.90 Å². The Labute approximate surface area is 412 Å². The van der Waals surface area contributed by atoms with Gasteiger partial charge in [0.15, 0.2) is 0 Å². The van der Waals surface area contributed by atoms with Gasteiger partial charge in [-0.1, -0.05) is 194 Å². The highest BCUT2D eigenvalue weighted by Gasteiger charge is 2.51. The SMILES string of the molecule is c1ccc2c(c1)-c1ccccc1C21c2ccccc2-c2ccc(N(c3ccc(-c4ccc5ccccc5c4)cc3)c3ccc(-c4ccc5c(c4)c4ccccc4n5-c4ccc5ccccc5c4)cc3)cc21. The molecule has 0 saturated heterocycles. The molecular formula is C69H44N2. The third-order valence-electron chi connectivity index (χ3n) is 15.6. The predicted molar refractivity (Wildman–Crippen MR) is 298 cm³/mol. The van der Waals surface area contributed by atoms with Crippen LogP contribution >= 0.6 is 0 Å². The van der Waals surface area contributed by atoms with Gasteiger partial charge in [0.1, 0.15) is 0 Å². The number of hydrogen-bond acceptors (Lipinski definition) is 1. The fourth-order valence-electron chi connectivity index (χ4n) is 12.4. The first-order valence-corrected chi connectivity index (χ1v) is 24.7. The zero-order valence-corrected chi connectivity index (χ0v) is 38.8. The van der Waals surface area contributed by atoms with E-state index < -0.39 is 5.41 Å². The zero-order valence-electron chi connectivity index (χ0n) is 38.8. The van der Waals surface area contributed by atoms with Gasteiger partial charge in [0.05, 0.1) is 16.4 Å². The van der Waals surface area contributed by atoms with Crippen LogP contribution in [0.15, 0.2) is 267 Å². The predicted octanol–water partition coefficient (Wildman–Crippen LogP) is 18.2. The quantitative estimate of drug-likeness (QED) is 0.161. The highest BCUT2D eigenvalue weighted by molar-refractivity contribution is 6.11. The Kier molecular flexibility index (Phi) is 8.61. The van der Waals surface area contributed by atoms with Crippen LogP contribution in [0.1, 0.15) is 22.3 Å². The molecule has 0 atom stereocenters.